The zero-order valence-electron chi connectivity index (χ0n) is 9.56. The van der Waals surface area contributed by atoms with E-state index in [1.807, 2.05) is 31.2 Å². The summed E-state index contributed by atoms with van der Waals surface area (Å²) in [4.78, 5) is 10.4. The topological polar surface area (TPSA) is 58.6 Å². The molecular weight excluding hydrogens is 206 g/mol. The van der Waals surface area contributed by atoms with Crippen molar-refractivity contribution >= 4 is 5.97 Å². The lowest BCUT2D eigenvalue weighted by Gasteiger charge is -2.14. The third-order valence-electron chi connectivity index (χ3n) is 2.38. The van der Waals surface area contributed by atoms with Crippen molar-refractivity contribution in [2.24, 2.45) is 0 Å². The Morgan fingerprint density at radius 1 is 1.56 bits per heavy atom. The molecule has 0 bridgehead atoms. The van der Waals surface area contributed by atoms with Gasteiger partial charge in [0.05, 0.1) is 13.5 Å². The monoisotopic (exact) mass is 223 g/mol. The van der Waals surface area contributed by atoms with Crippen molar-refractivity contribution in [3.05, 3.63) is 29.8 Å². The van der Waals surface area contributed by atoms with Gasteiger partial charge in [0.25, 0.3) is 0 Å². The maximum absolute atomic E-state index is 10.4. The Bertz CT molecular complexity index is 352. The first-order valence-electron chi connectivity index (χ1n) is 5.22. The highest BCUT2D eigenvalue weighted by molar-refractivity contribution is 5.66. The summed E-state index contributed by atoms with van der Waals surface area (Å²) in [6.07, 6.45) is 0.133. The van der Waals surface area contributed by atoms with Gasteiger partial charge in [0.15, 0.2) is 0 Å². The SMILES string of the molecule is COc1cccc([C@@H](C)NCCC(=O)O)c1. The van der Waals surface area contributed by atoms with E-state index in [0.717, 1.165) is 11.3 Å². The van der Waals surface area contributed by atoms with Crippen molar-refractivity contribution in [3.63, 3.8) is 0 Å². The molecule has 88 valence electrons. The molecule has 0 aliphatic carbocycles. The molecule has 1 aromatic rings. The largest absolute Gasteiger partial charge is 0.497 e. The van der Waals surface area contributed by atoms with Crippen LogP contribution in [0.4, 0.5) is 0 Å². The highest BCUT2D eigenvalue weighted by atomic mass is 16.5. The van der Waals surface area contributed by atoms with Crippen LogP contribution in [0.2, 0.25) is 0 Å². The Hall–Kier alpha value is -1.55. The molecule has 1 rings (SSSR count). The lowest BCUT2D eigenvalue weighted by Crippen LogP contribution is -2.21. The number of ether oxygens (including phenoxy) is 1. The summed E-state index contributed by atoms with van der Waals surface area (Å²) in [6.45, 7) is 2.46. The molecule has 16 heavy (non-hydrogen) atoms. The number of benzene rings is 1. The number of aliphatic carboxylic acids is 1. The summed E-state index contributed by atoms with van der Waals surface area (Å²) in [5.74, 6) is 0.0229. The zero-order valence-corrected chi connectivity index (χ0v) is 9.56. The van der Waals surface area contributed by atoms with E-state index in [4.69, 9.17) is 9.84 Å². The van der Waals surface area contributed by atoms with E-state index in [0.29, 0.717) is 6.54 Å². The molecule has 1 aromatic carbocycles. The summed E-state index contributed by atoms with van der Waals surface area (Å²) in [6, 6.07) is 7.85. The maximum Gasteiger partial charge on any atom is 0.304 e. The first-order chi connectivity index (χ1) is 7.63. The standard InChI is InChI=1S/C12H17NO3/c1-9(13-7-6-12(14)15)10-4-3-5-11(8-10)16-2/h3-5,8-9,13H,6-7H2,1-2H3,(H,14,15)/t9-/m1/s1. The van der Waals surface area contributed by atoms with E-state index in [2.05, 4.69) is 5.32 Å². The van der Waals surface area contributed by atoms with Crippen LogP contribution in [0.5, 0.6) is 5.75 Å². The fourth-order valence-electron chi connectivity index (χ4n) is 1.42. The lowest BCUT2D eigenvalue weighted by atomic mass is 10.1. The second-order valence-electron chi connectivity index (χ2n) is 3.60. The van der Waals surface area contributed by atoms with Gasteiger partial charge in [0.1, 0.15) is 5.75 Å². The quantitative estimate of drug-likeness (QED) is 0.772. The summed E-state index contributed by atoms with van der Waals surface area (Å²) in [5, 5.41) is 11.7. The minimum absolute atomic E-state index is 0.120. The summed E-state index contributed by atoms with van der Waals surface area (Å²) in [5.41, 5.74) is 1.09. The second kappa shape index (κ2) is 6.12. The number of nitrogens with one attached hydrogen (secondary N) is 1. The number of rotatable bonds is 6. The lowest BCUT2D eigenvalue weighted by molar-refractivity contribution is -0.136. The Morgan fingerprint density at radius 2 is 2.31 bits per heavy atom. The Kier molecular flexibility index (Phi) is 4.79. The van der Waals surface area contributed by atoms with Crippen LogP contribution in [0, 0.1) is 0 Å². The number of carbonyl (C=O) groups is 1. The molecule has 0 aliphatic heterocycles. The van der Waals surface area contributed by atoms with Crippen LogP contribution in [0.15, 0.2) is 24.3 Å². The van der Waals surface area contributed by atoms with E-state index >= 15 is 0 Å². The number of carboxylic acid groups (broad SMARTS) is 1. The molecule has 0 spiro atoms. The number of hydrogen-bond acceptors (Lipinski definition) is 3. The maximum atomic E-state index is 10.4. The molecule has 0 amide bonds. The van der Waals surface area contributed by atoms with Gasteiger partial charge < -0.3 is 15.2 Å². The third kappa shape index (κ3) is 3.90. The molecule has 0 aliphatic rings. The Labute approximate surface area is 95.2 Å². The molecule has 4 nitrogen and oxygen atoms in total. The van der Waals surface area contributed by atoms with Gasteiger partial charge in [-0.15, -0.1) is 0 Å². The fraction of sp³-hybridized carbons (Fsp3) is 0.417. The minimum Gasteiger partial charge on any atom is -0.497 e. The van der Waals surface area contributed by atoms with Gasteiger partial charge in [-0.1, -0.05) is 12.1 Å². The highest BCUT2D eigenvalue weighted by Gasteiger charge is 2.06. The van der Waals surface area contributed by atoms with Crippen molar-refractivity contribution in [2.75, 3.05) is 13.7 Å². The van der Waals surface area contributed by atoms with Gasteiger partial charge in [0.2, 0.25) is 0 Å². The summed E-state index contributed by atoms with van der Waals surface area (Å²) in [7, 11) is 1.63. The van der Waals surface area contributed by atoms with Crippen LogP contribution in [-0.2, 0) is 4.79 Å². The molecule has 1 atom stereocenters. The second-order valence-corrected chi connectivity index (χ2v) is 3.60. The summed E-state index contributed by atoms with van der Waals surface area (Å²) >= 11 is 0. The highest BCUT2D eigenvalue weighted by Crippen LogP contribution is 2.18. The van der Waals surface area contributed by atoms with Crippen LogP contribution in [0.3, 0.4) is 0 Å². The fourth-order valence-corrected chi connectivity index (χ4v) is 1.42. The normalized spacial score (nSPS) is 12.1. The van der Waals surface area contributed by atoms with Gasteiger partial charge in [-0.25, -0.2) is 0 Å². The predicted octanol–water partition coefficient (Wildman–Crippen LogP) is 1.82. The minimum atomic E-state index is -0.787. The Morgan fingerprint density at radius 3 is 2.94 bits per heavy atom. The van der Waals surface area contributed by atoms with E-state index in [1.165, 1.54) is 0 Å². The van der Waals surface area contributed by atoms with Crippen molar-refractivity contribution in [1.29, 1.82) is 0 Å². The van der Waals surface area contributed by atoms with Crippen LogP contribution in [0.25, 0.3) is 0 Å². The zero-order chi connectivity index (χ0) is 12.0. The van der Waals surface area contributed by atoms with Crippen LogP contribution in [-0.4, -0.2) is 24.7 Å². The molecule has 0 heterocycles. The molecule has 4 heteroatoms. The predicted molar refractivity (Wildman–Crippen MR) is 61.7 cm³/mol. The van der Waals surface area contributed by atoms with Crippen LogP contribution < -0.4 is 10.1 Å². The molecule has 0 fully saturated rings. The average molecular weight is 223 g/mol. The van der Waals surface area contributed by atoms with Gasteiger partial charge in [0, 0.05) is 12.6 Å². The number of methoxy groups -OCH3 is 1. The molecule has 0 saturated carbocycles. The van der Waals surface area contributed by atoms with E-state index < -0.39 is 5.97 Å². The molecular formula is C12H17NO3. The van der Waals surface area contributed by atoms with Crippen molar-refractivity contribution in [1.82, 2.24) is 5.32 Å². The first-order valence-corrected chi connectivity index (χ1v) is 5.22. The van der Waals surface area contributed by atoms with Gasteiger partial charge in [-0.3, -0.25) is 4.79 Å². The van der Waals surface area contributed by atoms with E-state index in [-0.39, 0.29) is 12.5 Å². The Balaban J connectivity index is 2.51. The summed E-state index contributed by atoms with van der Waals surface area (Å²) < 4.78 is 5.13. The van der Waals surface area contributed by atoms with E-state index in [1.54, 1.807) is 7.11 Å². The van der Waals surface area contributed by atoms with Crippen LogP contribution in [0.1, 0.15) is 24.9 Å². The van der Waals surface area contributed by atoms with Crippen molar-refractivity contribution in [2.45, 2.75) is 19.4 Å². The third-order valence-corrected chi connectivity index (χ3v) is 2.38. The average Bonchev–Trinajstić information content (AvgIpc) is 2.28. The smallest absolute Gasteiger partial charge is 0.304 e. The van der Waals surface area contributed by atoms with Gasteiger partial charge in [-0.2, -0.15) is 0 Å². The molecule has 0 saturated heterocycles. The molecule has 2 N–H and O–H groups in total. The molecule has 0 aromatic heterocycles. The molecule has 0 radical (unpaired) electrons. The molecule has 0 unspecified atom stereocenters. The first kappa shape index (κ1) is 12.5. The van der Waals surface area contributed by atoms with Crippen LogP contribution >= 0.6 is 0 Å². The number of carboxylic acids is 1. The van der Waals surface area contributed by atoms with Crippen molar-refractivity contribution < 1.29 is 14.6 Å². The number of hydrogen-bond donors (Lipinski definition) is 2. The van der Waals surface area contributed by atoms with Gasteiger partial charge >= 0.3 is 5.97 Å². The van der Waals surface area contributed by atoms with E-state index in [9.17, 15) is 4.79 Å². The van der Waals surface area contributed by atoms with Crippen molar-refractivity contribution in [3.8, 4) is 5.75 Å². The van der Waals surface area contributed by atoms with Gasteiger partial charge in [-0.05, 0) is 24.6 Å².